The summed E-state index contributed by atoms with van der Waals surface area (Å²) in [5.74, 6) is 0.403. The van der Waals surface area contributed by atoms with Gasteiger partial charge in [0, 0.05) is 25.9 Å². The van der Waals surface area contributed by atoms with Crippen LogP contribution in [0.2, 0.25) is 0 Å². The second-order valence-corrected chi connectivity index (χ2v) is 7.44. The van der Waals surface area contributed by atoms with Gasteiger partial charge in [0.2, 0.25) is 11.8 Å². The minimum absolute atomic E-state index is 0.202. The third-order valence-electron chi connectivity index (χ3n) is 4.76. The predicted molar refractivity (Wildman–Crippen MR) is 111 cm³/mol. The van der Waals surface area contributed by atoms with Crippen LogP contribution in [0.25, 0.3) is 0 Å². The van der Waals surface area contributed by atoms with E-state index in [0.717, 1.165) is 51.6 Å². The van der Waals surface area contributed by atoms with Crippen LogP contribution in [0.3, 0.4) is 0 Å². The summed E-state index contributed by atoms with van der Waals surface area (Å²) in [7, 11) is 0. The van der Waals surface area contributed by atoms with Crippen LogP contribution in [0.4, 0.5) is 0 Å². The second kappa shape index (κ2) is 20.3. The lowest BCUT2D eigenvalue weighted by Crippen LogP contribution is -2.24. The van der Waals surface area contributed by atoms with Gasteiger partial charge in [0.15, 0.2) is 0 Å². The lowest BCUT2D eigenvalue weighted by Gasteiger charge is -2.07. The standard InChI is InChI=1S/C22H44N2O2/c1-3-5-7-9-13-17-21(25)23-19-15-11-12-16-20-24-22(26)18-14-10-8-6-4-2/h3-20H2,1-2H3,(H,23,25)(H,24,26). The molecule has 0 saturated heterocycles. The molecule has 0 radical (unpaired) electrons. The third-order valence-corrected chi connectivity index (χ3v) is 4.76. The van der Waals surface area contributed by atoms with E-state index in [9.17, 15) is 9.59 Å². The first-order valence-electron chi connectivity index (χ1n) is 11.2. The first-order chi connectivity index (χ1) is 12.7. The molecule has 4 nitrogen and oxygen atoms in total. The van der Waals surface area contributed by atoms with E-state index in [1.807, 2.05) is 0 Å². The van der Waals surface area contributed by atoms with Crippen molar-refractivity contribution in [2.75, 3.05) is 13.1 Å². The van der Waals surface area contributed by atoms with Gasteiger partial charge < -0.3 is 10.6 Å². The lowest BCUT2D eigenvalue weighted by atomic mass is 10.1. The first kappa shape index (κ1) is 24.9. The molecule has 154 valence electrons. The molecule has 2 N–H and O–H groups in total. The van der Waals surface area contributed by atoms with Crippen LogP contribution in [0.1, 0.15) is 117 Å². The molecule has 0 heterocycles. The highest BCUT2D eigenvalue weighted by Crippen LogP contribution is 2.06. The van der Waals surface area contributed by atoms with Crippen molar-refractivity contribution in [3.8, 4) is 0 Å². The highest BCUT2D eigenvalue weighted by molar-refractivity contribution is 5.76. The number of hydrogen-bond acceptors (Lipinski definition) is 2. The maximum atomic E-state index is 11.7. The second-order valence-electron chi connectivity index (χ2n) is 7.44. The number of unbranched alkanes of at least 4 members (excludes halogenated alkanes) is 11. The maximum Gasteiger partial charge on any atom is 0.219 e. The summed E-state index contributed by atoms with van der Waals surface area (Å²) in [6.07, 6.45) is 17.6. The Bertz CT molecular complexity index is 300. The van der Waals surface area contributed by atoms with Gasteiger partial charge in [0.1, 0.15) is 0 Å². The van der Waals surface area contributed by atoms with Crippen molar-refractivity contribution in [2.45, 2.75) is 117 Å². The fourth-order valence-electron chi connectivity index (χ4n) is 3.01. The van der Waals surface area contributed by atoms with Gasteiger partial charge in [-0.1, -0.05) is 78.1 Å². The van der Waals surface area contributed by atoms with E-state index in [1.54, 1.807) is 0 Å². The molecule has 0 bridgehead atoms. The first-order valence-corrected chi connectivity index (χ1v) is 11.2. The molecule has 0 unspecified atom stereocenters. The lowest BCUT2D eigenvalue weighted by molar-refractivity contribution is -0.122. The highest BCUT2D eigenvalue weighted by atomic mass is 16.2. The Kier molecular flexibility index (Phi) is 19.4. The quantitative estimate of drug-likeness (QED) is 0.296. The van der Waals surface area contributed by atoms with Gasteiger partial charge in [-0.2, -0.15) is 0 Å². The summed E-state index contributed by atoms with van der Waals surface area (Å²) in [5.41, 5.74) is 0. The number of carbonyl (C=O) groups excluding carboxylic acids is 2. The average Bonchev–Trinajstić information content (AvgIpc) is 2.63. The van der Waals surface area contributed by atoms with Crippen LogP contribution < -0.4 is 10.6 Å². The fraction of sp³-hybridized carbons (Fsp3) is 0.909. The molecule has 4 heteroatoms. The topological polar surface area (TPSA) is 58.2 Å². The van der Waals surface area contributed by atoms with Crippen molar-refractivity contribution in [1.29, 1.82) is 0 Å². The molecule has 0 fully saturated rings. The zero-order chi connectivity index (χ0) is 19.3. The van der Waals surface area contributed by atoms with Crippen LogP contribution in [0.15, 0.2) is 0 Å². The number of hydrogen-bond donors (Lipinski definition) is 2. The summed E-state index contributed by atoms with van der Waals surface area (Å²) in [5, 5.41) is 6.02. The fourth-order valence-corrected chi connectivity index (χ4v) is 3.01. The van der Waals surface area contributed by atoms with Crippen LogP contribution in [0, 0.1) is 0 Å². The number of amides is 2. The van der Waals surface area contributed by atoms with Crippen molar-refractivity contribution < 1.29 is 9.59 Å². The Balaban J connectivity index is 3.25. The molecule has 26 heavy (non-hydrogen) atoms. The Morgan fingerprint density at radius 2 is 0.846 bits per heavy atom. The van der Waals surface area contributed by atoms with E-state index in [1.165, 1.54) is 51.4 Å². The Morgan fingerprint density at radius 3 is 1.23 bits per heavy atom. The summed E-state index contributed by atoms with van der Waals surface area (Å²) >= 11 is 0. The maximum absolute atomic E-state index is 11.7. The van der Waals surface area contributed by atoms with Gasteiger partial charge in [0.25, 0.3) is 0 Å². The van der Waals surface area contributed by atoms with Gasteiger partial charge in [-0.05, 0) is 25.7 Å². The minimum Gasteiger partial charge on any atom is -0.356 e. The number of carbonyl (C=O) groups is 2. The van der Waals surface area contributed by atoms with E-state index >= 15 is 0 Å². The van der Waals surface area contributed by atoms with Gasteiger partial charge in [-0.25, -0.2) is 0 Å². The van der Waals surface area contributed by atoms with Crippen molar-refractivity contribution in [2.24, 2.45) is 0 Å². The molecule has 0 aromatic rings. The van der Waals surface area contributed by atoms with E-state index < -0.39 is 0 Å². The zero-order valence-electron chi connectivity index (χ0n) is 17.5. The molecule has 0 aliphatic carbocycles. The predicted octanol–water partition coefficient (Wildman–Crippen LogP) is 5.50. The van der Waals surface area contributed by atoms with E-state index in [2.05, 4.69) is 24.5 Å². The van der Waals surface area contributed by atoms with Crippen LogP contribution in [0.5, 0.6) is 0 Å². The van der Waals surface area contributed by atoms with Gasteiger partial charge in [-0.15, -0.1) is 0 Å². The SMILES string of the molecule is CCCCCCCC(=O)NCCCCCCNC(=O)CCCCCCC. The molecule has 0 atom stereocenters. The molecule has 0 aromatic heterocycles. The number of nitrogens with one attached hydrogen (secondary N) is 2. The van der Waals surface area contributed by atoms with Crippen molar-refractivity contribution in [1.82, 2.24) is 10.6 Å². The Morgan fingerprint density at radius 1 is 0.500 bits per heavy atom. The molecule has 0 saturated carbocycles. The van der Waals surface area contributed by atoms with Crippen molar-refractivity contribution in [3.63, 3.8) is 0 Å². The smallest absolute Gasteiger partial charge is 0.219 e. The van der Waals surface area contributed by atoms with Crippen LogP contribution in [-0.2, 0) is 9.59 Å². The van der Waals surface area contributed by atoms with Gasteiger partial charge in [-0.3, -0.25) is 9.59 Å². The van der Waals surface area contributed by atoms with E-state index in [-0.39, 0.29) is 11.8 Å². The molecule has 2 amide bonds. The normalized spacial score (nSPS) is 10.7. The molecule has 0 aliphatic heterocycles. The van der Waals surface area contributed by atoms with Crippen LogP contribution >= 0.6 is 0 Å². The summed E-state index contributed by atoms with van der Waals surface area (Å²) in [6, 6.07) is 0. The average molecular weight is 369 g/mol. The third kappa shape index (κ3) is 19.3. The molecular formula is C22H44N2O2. The molecule has 0 rings (SSSR count). The summed E-state index contributed by atoms with van der Waals surface area (Å²) in [4.78, 5) is 23.3. The van der Waals surface area contributed by atoms with Gasteiger partial charge >= 0.3 is 0 Å². The Labute approximate surface area is 162 Å². The summed E-state index contributed by atoms with van der Waals surface area (Å²) < 4.78 is 0. The summed E-state index contributed by atoms with van der Waals surface area (Å²) in [6.45, 7) is 5.99. The highest BCUT2D eigenvalue weighted by Gasteiger charge is 2.01. The number of rotatable bonds is 19. The van der Waals surface area contributed by atoms with Crippen molar-refractivity contribution >= 4 is 11.8 Å². The Hall–Kier alpha value is -1.06. The zero-order valence-corrected chi connectivity index (χ0v) is 17.5. The van der Waals surface area contributed by atoms with Crippen molar-refractivity contribution in [3.05, 3.63) is 0 Å². The molecule has 0 aromatic carbocycles. The molecule has 0 aliphatic rings. The van der Waals surface area contributed by atoms with E-state index in [0.29, 0.717) is 12.8 Å². The van der Waals surface area contributed by atoms with Crippen LogP contribution in [-0.4, -0.2) is 24.9 Å². The largest absolute Gasteiger partial charge is 0.356 e. The molecular weight excluding hydrogens is 324 g/mol. The monoisotopic (exact) mass is 368 g/mol. The minimum atomic E-state index is 0.202. The van der Waals surface area contributed by atoms with E-state index in [4.69, 9.17) is 0 Å². The molecule has 0 spiro atoms. The van der Waals surface area contributed by atoms with Gasteiger partial charge in [0.05, 0.1) is 0 Å².